The summed E-state index contributed by atoms with van der Waals surface area (Å²) in [5, 5.41) is 3.27. The Morgan fingerprint density at radius 2 is 2.23 bits per heavy atom. The van der Waals surface area contributed by atoms with E-state index in [4.69, 9.17) is 0 Å². The van der Waals surface area contributed by atoms with Crippen LogP contribution in [-0.4, -0.2) is 12.3 Å². The molecule has 2 heteroatoms. The zero-order chi connectivity index (χ0) is 9.26. The van der Waals surface area contributed by atoms with Gasteiger partial charge in [-0.05, 0) is 25.0 Å². The Morgan fingerprint density at radius 3 is 3.00 bits per heavy atom. The second kappa shape index (κ2) is 3.21. The summed E-state index contributed by atoms with van der Waals surface area (Å²) in [6.45, 7) is 2.45. The molecule has 1 aromatic rings. The molecule has 1 unspecified atom stereocenters. The predicted molar refractivity (Wildman–Crippen MR) is 52.8 cm³/mol. The van der Waals surface area contributed by atoms with E-state index in [1.807, 2.05) is 12.1 Å². The van der Waals surface area contributed by atoms with Gasteiger partial charge in [-0.2, -0.15) is 0 Å². The van der Waals surface area contributed by atoms with E-state index < -0.39 is 0 Å². The number of hydrogen-bond acceptors (Lipinski definition) is 2. The molecule has 0 bridgehead atoms. The molecule has 13 heavy (non-hydrogen) atoms. The van der Waals surface area contributed by atoms with Crippen LogP contribution in [0.3, 0.4) is 0 Å². The van der Waals surface area contributed by atoms with Crippen LogP contribution in [0.5, 0.6) is 0 Å². The molecule has 0 aliphatic carbocycles. The first kappa shape index (κ1) is 8.30. The Kier molecular flexibility index (Phi) is 2.05. The first-order valence-corrected chi connectivity index (χ1v) is 4.59. The van der Waals surface area contributed by atoms with Crippen molar-refractivity contribution in [2.24, 2.45) is 5.92 Å². The molecule has 0 amide bonds. The highest BCUT2D eigenvalue weighted by molar-refractivity contribution is 5.80. The lowest BCUT2D eigenvalue weighted by Gasteiger charge is -2.23. The number of ketones is 1. The first-order chi connectivity index (χ1) is 6.27. The molecule has 0 aromatic heterocycles. The number of para-hydroxylation sites is 1. The maximum absolute atomic E-state index is 11.2. The molecule has 0 fully saturated rings. The lowest BCUT2D eigenvalue weighted by atomic mass is 9.91. The maximum Gasteiger partial charge on any atom is 0.134 e. The monoisotopic (exact) mass is 175 g/mol. The molecule has 1 aliphatic rings. The van der Waals surface area contributed by atoms with Crippen LogP contribution in [0.1, 0.15) is 12.5 Å². The third-order valence-corrected chi connectivity index (χ3v) is 2.60. The van der Waals surface area contributed by atoms with Gasteiger partial charge in [0.1, 0.15) is 5.78 Å². The summed E-state index contributed by atoms with van der Waals surface area (Å²) in [4.78, 5) is 11.2. The zero-order valence-corrected chi connectivity index (χ0v) is 7.71. The van der Waals surface area contributed by atoms with E-state index in [9.17, 15) is 4.79 Å². The van der Waals surface area contributed by atoms with Gasteiger partial charge in [0, 0.05) is 18.2 Å². The van der Waals surface area contributed by atoms with Crippen LogP contribution in [0.2, 0.25) is 0 Å². The normalized spacial score (nSPS) is 20.2. The van der Waals surface area contributed by atoms with Crippen LogP contribution in [0.25, 0.3) is 0 Å². The molecule has 2 rings (SSSR count). The summed E-state index contributed by atoms with van der Waals surface area (Å²) in [7, 11) is 0. The van der Waals surface area contributed by atoms with Crippen LogP contribution in [0, 0.1) is 5.92 Å². The van der Waals surface area contributed by atoms with Gasteiger partial charge >= 0.3 is 0 Å². The fourth-order valence-electron chi connectivity index (χ4n) is 1.73. The van der Waals surface area contributed by atoms with Crippen molar-refractivity contribution in [2.45, 2.75) is 13.3 Å². The fraction of sp³-hybridized carbons (Fsp3) is 0.364. The van der Waals surface area contributed by atoms with Crippen molar-refractivity contribution < 1.29 is 4.79 Å². The standard InChI is InChI=1S/C11H13NO/c1-8(13)10-6-9-4-2-3-5-11(9)12-7-10/h2-5,10,12H,6-7H2,1H3. The van der Waals surface area contributed by atoms with Crippen LogP contribution in [0.15, 0.2) is 24.3 Å². The highest BCUT2D eigenvalue weighted by Crippen LogP contribution is 2.24. The van der Waals surface area contributed by atoms with Gasteiger partial charge in [0.25, 0.3) is 0 Å². The zero-order valence-electron chi connectivity index (χ0n) is 7.71. The summed E-state index contributed by atoms with van der Waals surface area (Å²) < 4.78 is 0. The van der Waals surface area contributed by atoms with E-state index >= 15 is 0 Å². The van der Waals surface area contributed by atoms with Crippen molar-refractivity contribution in [3.8, 4) is 0 Å². The number of carbonyl (C=O) groups excluding carboxylic acids is 1. The lowest BCUT2D eigenvalue weighted by molar-refractivity contribution is -0.120. The van der Waals surface area contributed by atoms with Gasteiger partial charge in [-0.25, -0.2) is 0 Å². The molecule has 1 aliphatic heterocycles. The third-order valence-electron chi connectivity index (χ3n) is 2.60. The Morgan fingerprint density at radius 1 is 1.46 bits per heavy atom. The van der Waals surface area contributed by atoms with Crippen LogP contribution < -0.4 is 5.32 Å². The summed E-state index contributed by atoms with van der Waals surface area (Å²) >= 11 is 0. The number of hydrogen-bond donors (Lipinski definition) is 1. The summed E-state index contributed by atoms with van der Waals surface area (Å²) in [5.41, 5.74) is 2.44. The smallest absolute Gasteiger partial charge is 0.134 e. The molecule has 0 spiro atoms. The van der Waals surface area contributed by atoms with Gasteiger partial charge in [0.05, 0.1) is 0 Å². The predicted octanol–water partition coefficient (Wildman–Crippen LogP) is 1.86. The number of rotatable bonds is 1. The average Bonchev–Trinajstić information content (AvgIpc) is 2.17. The Balaban J connectivity index is 2.24. The quantitative estimate of drug-likeness (QED) is 0.705. The fourth-order valence-corrected chi connectivity index (χ4v) is 1.73. The maximum atomic E-state index is 11.2. The summed E-state index contributed by atoms with van der Waals surface area (Å²) in [6.07, 6.45) is 0.887. The van der Waals surface area contributed by atoms with Gasteiger partial charge in [0.2, 0.25) is 0 Å². The van der Waals surface area contributed by atoms with Crippen molar-refractivity contribution in [3.05, 3.63) is 29.8 Å². The van der Waals surface area contributed by atoms with E-state index in [1.165, 1.54) is 11.3 Å². The van der Waals surface area contributed by atoms with Crippen molar-refractivity contribution in [1.29, 1.82) is 0 Å². The van der Waals surface area contributed by atoms with Gasteiger partial charge < -0.3 is 5.32 Å². The van der Waals surface area contributed by atoms with E-state index in [2.05, 4.69) is 17.4 Å². The van der Waals surface area contributed by atoms with Gasteiger partial charge in [-0.1, -0.05) is 18.2 Å². The van der Waals surface area contributed by atoms with Crippen LogP contribution in [-0.2, 0) is 11.2 Å². The van der Waals surface area contributed by atoms with Crippen molar-refractivity contribution >= 4 is 11.5 Å². The second-order valence-electron chi connectivity index (χ2n) is 3.55. The Bertz CT molecular complexity index is 333. The minimum Gasteiger partial charge on any atom is -0.384 e. The highest BCUT2D eigenvalue weighted by Gasteiger charge is 2.20. The molecule has 1 heterocycles. The molecular weight excluding hydrogens is 162 g/mol. The van der Waals surface area contributed by atoms with Crippen LogP contribution >= 0.6 is 0 Å². The number of anilines is 1. The van der Waals surface area contributed by atoms with Crippen molar-refractivity contribution in [1.82, 2.24) is 0 Å². The molecular formula is C11H13NO. The largest absolute Gasteiger partial charge is 0.384 e. The van der Waals surface area contributed by atoms with Crippen molar-refractivity contribution in [3.63, 3.8) is 0 Å². The Labute approximate surface area is 78.0 Å². The average molecular weight is 175 g/mol. The number of nitrogens with one attached hydrogen (secondary N) is 1. The van der Waals surface area contributed by atoms with E-state index in [-0.39, 0.29) is 11.7 Å². The second-order valence-corrected chi connectivity index (χ2v) is 3.55. The minimum atomic E-state index is 0.162. The summed E-state index contributed by atoms with van der Waals surface area (Å²) in [5.74, 6) is 0.442. The molecule has 1 atom stereocenters. The summed E-state index contributed by atoms with van der Waals surface area (Å²) in [6, 6.07) is 8.17. The molecule has 1 N–H and O–H groups in total. The lowest BCUT2D eigenvalue weighted by Crippen LogP contribution is -2.28. The molecule has 0 radical (unpaired) electrons. The molecule has 1 aromatic carbocycles. The minimum absolute atomic E-state index is 0.162. The molecule has 2 nitrogen and oxygen atoms in total. The molecule has 0 saturated heterocycles. The van der Waals surface area contributed by atoms with E-state index in [1.54, 1.807) is 6.92 Å². The van der Waals surface area contributed by atoms with Crippen LogP contribution in [0.4, 0.5) is 5.69 Å². The van der Waals surface area contributed by atoms with Gasteiger partial charge in [-0.15, -0.1) is 0 Å². The Hall–Kier alpha value is -1.31. The van der Waals surface area contributed by atoms with E-state index in [0.717, 1.165) is 13.0 Å². The van der Waals surface area contributed by atoms with Crippen molar-refractivity contribution in [2.75, 3.05) is 11.9 Å². The third kappa shape index (κ3) is 1.57. The number of Topliss-reactive ketones (excluding diaryl/α,β-unsaturated/α-hetero) is 1. The topological polar surface area (TPSA) is 29.1 Å². The van der Waals surface area contributed by atoms with Gasteiger partial charge in [0.15, 0.2) is 0 Å². The number of benzene rings is 1. The first-order valence-electron chi connectivity index (χ1n) is 4.59. The molecule has 0 saturated carbocycles. The molecule has 68 valence electrons. The van der Waals surface area contributed by atoms with E-state index in [0.29, 0.717) is 0 Å². The SMILES string of the molecule is CC(=O)C1CNc2ccccc2C1. The highest BCUT2D eigenvalue weighted by atomic mass is 16.1. The number of fused-ring (bicyclic) bond motifs is 1. The number of carbonyl (C=O) groups is 1. The van der Waals surface area contributed by atoms with Gasteiger partial charge in [-0.3, -0.25) is 4.79 Å².